The maximum Gasteiger partial charge on any atom is 0.303 e. The van der Waals surface area contributed by atoms with Crippen LogP contribution >= 0.6 is 0 Å². The van der Waals surface area contributed by atoms with E-state index in [2.05, 4.69) is 20.4 Å². The van der Waals surface area contributed by atoms with E-state index in [0.717, 1.165) is 25.7 Å². The van der Waals surface area contributed by atoms with Crippen molar-refractivity contribution in [3.63, 3.8) is 0 Å². The fourth-order valence-electron chi connectivity index (χ4n) is 7.83. The average molecular weight is 421 g/mol. The number of rotatable bonds is 2. The van der Waals surface area contributed by atoms with Crippen molar-refractivity contribution in [3.05, 3.63) is 12.2 Å². The minimum absolute atomic E-state index is 0.00232. The van der Waals surface area contributed by atoms with E-state index in [1.165, 1.54) is 19.4 Å². The lowest BCUT2D eigenvalue weighted by atomic mass is 9.43. The predicted octanol–water partition coefficient (Wildman–Crippen LogP) is 3.00. The molecule has 0 aromatic heterocycles. The summed E-state index contributed by atoms with van der Waals surface area (Å²) in [6, 6.07) is 0. The molecule has 4 fully saturated rings. The van der Waals surface area contributed by atoms with E-state index in [0.29, 0.717) is 18.8 Å². The standard InChI is InChI=1S/C24H36O6/c1-12-6-7-15-20-16(8-9-23(12,15)4)24(5)11-19(30-14(3)26)18(29-13(2)25)10-17(24)21(27)22(20)28/h15-22,27-28H,1,6-11H2,2-5H3/t15?,16?,17?,18-,19+,20?,21+,22?,23+,24+/m0/s1. The number of ether oxygens (including phenoxy) is 2. The molecule has 0 aromatic rings. The smallest absolute Gasteiger partial charge is 0.303 e. The summed E-state index contributed by atoms with van der Waals surface area (Å²) in [5.74, 6) is -0.495. The van der Waals surface area contributed by atoms with Crippen molar-refractivity contribution in [1.82, 2.24) is 0 Å². The number of fused-ring (bicyclic) bond motifs is 5. The minimum atomic E-state index is -0.885. The second-order valence-electron chi connectivity index (χ2n) is 10.7. The highest BCUT2D eigenvalue weighted by Crippen LogP contribution is 2.67. The summed E-state index contributed by atoms with van der Waals surface area (Å²) in [6.45, 7) is 11.5. The molecule has 30 heavy (non-hydrogen) atoms. The van der Waals surface area contributed by atoms with Gasteiger partial charge in [0.15, 0.2) is 0 Å². The summed E-state index contributed by atoms with van der Waals surface area (Å²) >= 11 is 0. The number of allylic oxidation sites excluding steroid dienone is 1. The molecule has 4 saturated carbocycles. The highest BCUT2D eigenvalue weighted by Gasteiger charge is 2.65. The monoisotopic (exact) mass is 420 g/mol. The van der Waals surface area contributed by atoms with E-state index in [9.17, 15) is 19.8 Å². The van der Waals surface area contributed by atoms with Gasteiger partial charge in [-0.1, -0.05) is 26.0 Å². The summed E-state index contributed by atoms with van der Waals surface area (Å²) in [7, 11) is 0. The number of aliphatic hydroxyl groups is 2. The topological polar surface area (TPSA) is 93.1 Å². The predicted molar refractivity (Wildman–Crippen MR) is 110 cm³/mol. The SMILES string of the molecule is C=C1CCC2C3C(O)[C@H](O)C4C[C@H](OC(C)=O)[C@H](OC(C)=O)C[C@]4(C)C3CC[C@]12C. The molecule has 0 saturated heterocycles. The molecule has 168 valence electrons. The fourth-order valence-corrected chi connectivity index (χ4v) is 7.83. The maximum absolute atomic E-state index is 11.8. The molecule has 0 radical (unpaired) electrons. The molecular formula is C24H36O6. The third kappa shape index (κ3) is 3.13. The number of hydrogen-bond donors (Lipinski definition) is 2. The molecule has 0 spiro atoms. The lowest BCUT2D eigenvalue weighted by Gasteiger charge is -2.63. The number of carbonyl (C=O) groups excluding carboxylic acids is 2. The average Bonchev–Trinajstić information content (AvgIpc) is 2.95. The van der Waals surface area contributed by atoms with E-state index >= 15 is 0 Å². The van der Waals surface area contributed by atoms with Crippen LogP contribution < -0.4 is 0 Å². The second-order valence-corrected chi connectivity index (χ2v) is 10.7. The Morgan fingerprint density at radius 2 is 1.60 bits per heavy atom. The summed E-state index contributed by atoms with van der Waals surface area (Å²) < 4.78 is 11.1. The normalized spacial score (nSPS) is 50.1. The fraction of sp³-hybridized carbons (Fsp3) is 0.833. The molecule has 4 aliphatic rings. The van der Waals surface area contributed by atoms with E-state index < -0.39 is 36.4 Å². The highest BCUT2D eigenvalue weighted by atomic mass is 16.6. The van der Waals surface area contributed by atoms with Gasteiger partial charge in [-0.3, -0.25) is 9.59 Å². The van der Waals surface area contributed by atoms with E-state index in [4.69, 9.17) is 9.47 Å². The molecule has 0 aliphatic heterocycles. The van der Waals surface area contributed by atoms with Gasteiger partial charge in [-0.15, -0.1) is 0 Å². The Morgan fingerprint density at radius 3 is 2.23 bits per heavy atom. The lowest BCUT2D eigenvalue weighted by Crippen LogP contribution is -2.66. The van der Waals surface area contributed by atoms with Gasteiger partial charge >= 0.3 is 11.9 Å². The Morgan fingerprint density at radius 1 is 0.967 bits per heavy atom. The Labute approximate surface area is 179 Å². The van der Waals surface area contributed by atoms with Crippen LogP contribution in [-0.2, 0) is 19.1 Å². The van der Waals surface area contributed by atoms with E-state index in [1.54, 1.807) is 0 Å². The molecule has 0 aromatic carbocycles. The summed E-state index contributed by atoms with van der Waals surface area (Å²) in [5, 5.41) is 22.5. The van der Waals surface area contributed by atoms with Gasteiger partial charge in [0.2, 0.25) is 0 Å². The summed E-state index contributed by atoms with van der Waals surface area (Å²) in [6.07, 6.45) is 2.10. The molecule has 10 atom stereocenters. The molecule has 0 amide bonds. The van der Waals surface area contributed by atoms with Gasteiger partial charge in [-0.25, -0.2) is 0 Å². The Hall–Kier alpha value is -1.40. The molecule has 2 N–H and O–H groups in total. The van der Waals surface area contributed by atoms with Gasteiger partial charge in [0.1, 0.15) is 12.2 Å². The molecular weight excluding hydrogens is 384 g/mol. The zero-order valence-corrected chi connectivity index (χ0v) is 18.6. The first-order valence-electron chi connectivity index (χ1n) is 11.4. The summed E-state index contributed by atoms with van der Waals surface area (Å²) in [4.78, 5) is 23.4. The van der Waals surface area contributed by atoms with Crippen LogP contribution in [0.2, 0.25) is 0 Å². The molecule has 4 aliphatic carbocycles. The van der Waals surface area contributed by atoms with Crippen LogP contribution in [0.4, 0.5) is 0 Å². The Balaban J connectivity index is 1.69. The number of aliphatic hydroxyl groups excluding tert-OH is 2. The first-order chi connectivity index (χ1) is 14.0. The van der Waals surface area contributed by atoms with Gasteiger partial charge < -0.3 is 19.7 Å². The van der Waals surface area contributed by atoms with Crippen molar-refractivity contribution < 1.29 is 29.3 Å². The largest absolute Gasteiger partial charge is 0.459 e. The van der Waals surface area contributed by atoms with E-state index in [1.807, 2.05) is 0 Å². The molecule has 6 heteroatoms. The van der Waals surface area contributed by atoms with Gasteiger partial charge in [0.05, 0.1) is 12.2 Å². The zero-order chi connectivity index (χ0) is 22.0. The van der Waals surface area contributed by atoms with Gasteiger partial charge in [0.25, 0.3) is 0 Å². The molecule has 5 unspecified atom stereocenters. The number of hydrogen-bond acceptors (Lipinski definition) is 6. The third-order valence-corrected chi connectivity index (χ3v) is 9.31. The van der Waals surface area contributed by atoms with Crippen LogP contribution in [0.25, 0.3) is 0 Å². The third-order valence-electron chi connectivity index (χ3n) is 9.31. The van der Waals surface area contributed by atoms with Crippen molar-refractivity contribution in [2.75, 3.05) is 0 Å². The van der Waals surface area contributed by atoms with Crippen LogP contribution in [0.5, 0.6) is 0 Å². The highest BCUT2D eigenvalue weighted by molar-refractivity contribution is 5.67. The van der Waals surface area contributed by atoms with Crippen LogP contribution in [0.15, 0.2) is 12.2 Å². The first kappa shape index (κ1) is 21.8. The van der Waals surface area contributed by atoms with Crippen LogP contribution in [0, 0.1) is 34.5 Å². The van der Waals surface area contributed by atoms with Gasteiger partial charge in [-0.2, -0.15) is 0 Å². The molecule has 6 nitrogen and oxygen atoms in total. The molecule has 0 heterocycles. The Kier molecular flexibility index (Phi) is 5.33. The van der Waals surface area contributed by atoms with Crippen LogP contribution in [0.3, 0.4) is 0 Å². The van der Waals surface area contributed by atoms with Gasteiger partial charge in [0, 0.05) is 13.8 Å². The molecule has 0 bridgehead atoms. The number of carbonyl (C=O) groups is 2. The minimum Gasteiger partial charge on any atom is -0.459 e. The maximum atomic E-state index is 11.8. The first-order valence-corrected chi connectivity index (χ1v) is 11.4. The van der Waals surface area contributed by atoms with Crippen molar-refractivity contribution in [2.24, 2.45) is 34.5 Å². The van der Waals surface area contributed by atoms with Crippen LogP contribution in [0.1, 0.15) is 66.2 Å². The molecule has 4 rings (SSSR count). The quantitative estimate of drug-likeness (QED) is 0.527. The van der Waals surface area contributed by atoms with E-state index in [-0.39, 0.29) is 28.6 Å². The second kappa shape index (κ2) is 7.33. The lowest BCUT2D eigenvalue weighted by molar-refractivity contribution is -0.239. The zero-order valence-electron chi connectivity index (χ0n) is 18.6. The van der Waals surface area contributed by atoms with Crippen molar-refractivity contribution in [2.45, 2.75) is 90.6 Å². The van der Waals surface area contributed by atoms with Crippen LogP contribution in [-0.4, -0.2) is 46.6 Å². The number of esters is 2. The van der Waals surface area contributed by atoms with Gasteiger partial charge in [-0.05, 0) is 73.0 Å². The summed E-state index contributed by atoms with van der Waals surface area (Å²) in [5.41, 5.74) is 0.997. The van der Waals surface area contributed by atoms with Crippen molar-refractivity contribution >= 4 is 11.9 Å². The van der Waals surface area contributed by atoms with Crippen molar-refractivity contribution in [1.29, 1.82) is 0 Å². The van der Waals surface area contributed by atoms with Crippen molar-refractivity contribution in [3.8, 4) is 0 Å². The Bertz CT molecular complexity index is 748.